The highest BCUT2D eigenvalue weighted by molar-refractivity contribution is 6.23. The number of hydrogen-bond acceptors (Lipinski definition) is 6. The zero-order valence-electron chi connectivity index (χ0n) is 14.0. The highest BCUT2D eigenvalue weighted by Crippen LogP contribution is 2.27. The molecular formula is C19H18N2O4. The van der Waals surface area contributed by atoms with Crippen LogP contribution in [0.2, 0.25) is 0 Å². The first-order chi connectivity index (χ1) is 12.1. The van der Waals surface area contributed by atoms with Gasteiger partial charge in [0.2, 0.25) is 11.6 Å². The highest BCUT2D eigenvalue weighted by atomic mass is 16.5. The van der Waals surface area contributed by atoms with E-state index in [9.17, 15) is 9.59 Å². The van der Waals surface area contributed by atoms with Crippen molar-refractivity contribution in [1.82, 2.24) is 10.3 Å². The van der Waals surface area contributed by atoms with Gasteiger partial charge in [-0.2, -0.15) is 0 Å². The summed E-state index contributed by atoms with van der Waals surface area (Å²) in [5, 5.41) is 3.05. The van der Waals surface area contributed by atoms with Crippen molar-refractivity contribution in [2.45, 2.75) is 6.42 Å². The van der Waals surface area contributed by atoms with Gasteiger partial charge in [0.15, 0.2) is 11.5 Å². The molecule has 0 aliphatic heterocycles. The fourth-order valence-corrected chi connectivity index (χ4v) is 2.70. The lowest BCUT2D eigenvalue weighted by atomic mass is 9.97. The lowest BCUT2D eigenvalue weighted by molar-refractivity contribution is 0.0975. The number of rotatable bonds is 6. The molecule has 0 saturated heterocycles. The zero-order valence-corrected chi connectivity index (χ0v) is 14.0. The van der Waals surface area contributed by atoms with Gasteiger partial charge in [-0.15, -0.1) is 0 Å². The molecule has 0 radical (unpaired) electrons. The van der Waals surface area contributed by atoms with E-state index < -0.39 is 0 Å². The number of ketones is 2. The van der Waals surface area contributed by atoms with E-state index in [1.54, 1.807) is 26.4 Å². The Hall–Kier alpha value is -3.15. The van der Waals surface area contributed by atoms with Crippen molar-refractivity contribution >= 4 is 11.6 Å². The average Bonchev–Trinajstić information content (AvgIpc) is 2.65. The van der Waals surface area contributed by atoms with Crippen LogP contribution in [0.5, 0.6) is 11.5 Å². The molecule has 1 N–H and O–H groups in total. The number of hydrogen-bond donors (Lipinski definition) is 1. The molecular weight excluding hydrogens is 320 g/mol. The summed E-state index contributed by atoms with van der Waals surface area (Å²) in [5.41, 5.74) is 1.87. The van der Waals surface area contributed by atoms with Gasteiger partial charge in [-0.05, 0) is 36.2 Å². The first-order valence-electron chi connectivity index (χ1n) is 7.84. The summed E-state index contributed by atoms with van der Waals surface area (Å²) < 4.78 is 10.5. The van der Waals surface area contributed by atoms with E-state index in [1.807, 2.05) is 18.2 Å². The normalized spacial score (nSPS) is 13.1. The number of benzene rings is 1. The maximum Gasteiger partial charge on any atom is 0.211 e. The molecule has 25 heavy (non-hydrogen) atoms. The number of pyridine rings is 1. The molecule has 1 aromatic carbocycles. The average molecular weight is 338 g/mol. The number of nitrogens with zero attached hydrogens (tertiary/aromatic N) is 1. The predicted molar refractivity (Wildman–Crippen MR) is 92.2 cm³/mol. The van der Waals surface area contributed by atoms with E-state index in [1.165, 1.54) is 12.3 Å². The van der Waals surface area contributed by atoms with Gasteiger partial charge in [0.05, 0.1) is 25.5 Å². The molecule has 1 aromatic heterocycles. The van der Waals surface area contributed by atoms with Crippen molar-refractivity contribution in [2.24, 2.45) is 0 Å². The lowest BCUT2D eigenvalue weighted by Gasteiger charge is -2.16. The molecule has 0 amide bonds. The molecule has 3 rings (SSSR count). The fourth-order valence-electron chi connectivity index (χ4n) is 2.70. The molecule has 1 aliphatic rings. The quantitative estimate of drug-likeness (QED) is 0.870. The number of nitrogens with one attached hydrogen (secondary N) is 1. The van der Waals surface area contributed by atoms with Crippen LogP contribution in [0.3, 0.4) is 0 Å². The molecule has 0 fully saturated rings. The van der Waals surface area contributed by atoms with Gasteiger partial charge >= 0.3 is 0 Å². The Morgan fingerprint density at radius 2 is 1.88 bits per heavy atom. The Balaban J connectivity index is 1.67. The van der Waals surface area contributed by atoms with E-state index in [4.69, 9.17) is 9.47 Å². The van der Waals surface area contributed by atoms with Gasteiger partial charge in [-0.3, -0.25) is 14.6 Å². The zero-order chi connectivity index (χ0) is 17.8. The second kappa shape index (κ2) is 7.17. The first kappa shape index (κ1) is 16.7. The molecule has 6 nitrogen and oxygen atoms in total. The van der Waals surface area contributed by atoms with Crippen molar-refractivity contribution < 1.29 is 19.1 Å². The Morgan fingerprint density at radius 3 is 2.64 bits per heavy atom. The van der Waals surface area contributed by atoms with Crippen molar-refractivity contribution in [3.8, 4) is 11.5 Å². The highest BCUT2D eigenvalue weighted by Gasteiger charge is 2.26. The standard InChI is InChI=1S/C19H18N2O4/c1-24-16-6-5-12(10-17(16)25-2)7-9-20-14-11-15(22)18-13(19(14)23)4-3-8-21-18/h3-6,8,10-11,20H,7,9H2,1-2H3. The maximum atomic E-state index is 12.4. The van der Waals surface area contributed by atoms with Crippen molar-refractivity contribution in [1.29, 1.82) is 0 Å². The van der Waals surface area contributed by atoms with E-state index in [0.29, 0.717) is 35.7 Å². The molecule has 6 heteroatoms. The molecule has 1 aliphatic carbocycles. The fraction of sp³-hybridized carbons (Fsp3) is 0.211. The molecule has 0 unspecified atom stereocenters. The van der Waals surface area contributed by atoms with Crippen LogP contribution in [0.4, 0.5) is 0 Å². The molecule has 0 spiro atoms. The summed E-state index contributed by atoms with van der Waals surface area (Å²) in [6, 6.07) is 8.93. The lowest BCUT2D eigenvalue weighted by Crippen LogP contribution is -2.28. The van der Waals surface area contributed by atoms with E-state index in [0.717, 1.165) is 5.56 Å². The van der Waals surface area contributed by atoms with Gasteiger partial charge in [0.25, 0.3) is 0 Å². The number of aromatic nitrogens is 1. The topological polar surface area (TPSA) is 77.5 Å². The Labute approximate surface area is 145 Å². The van der Waals surface area contributed by atoms with E-state index >= 15 is 0 Å². The monoisotopic (exact) mass is 338 g/mol. The molecule has 1 heterocycles. The summed E-state index contributed by atoms with van der Waals surface area (Å²) in [6.45, 7) is 0.510. The van der Waals surface area contributed by atoms with Crippen LogP contribution in [-0.2, 0) is 6.42 Å². The summed E-state index contributed by atoms with van der Waals surface area (Å²) in [7, 11) is 3.17. The maximum absolute atomic E-state index is 12.4. The third-order valence-corrected chi connectivity index (χ3v) is 3.98. The smallest absolute Gasteiger partial charge is 0.211 e. The number of fused-ring (bicyclic) bond motifs is 1. The number of allylic oxidation sites excluding steroid dienone is 2. The number of carbonyl (C=O) groups is 2. The van der Waals surface area contributed by atoms with Crippen LogP contribution in [-0.4, -0.2) is 37.3 Å². The van der Waals surface area contributed by atoms with Crippen molar-refractivity contribution in [3.05, 3.63) is 65.1 Å². The van der Waals surface area contributed by atoms with Crippen molar-refractivity contribution in [2.75, 3.05) is 20.8 Å². The first-order valence-corrected chi connectivity index (χ1v) is 7.84. The summed E-state index contributed by atoms with van der Waals surface area (Å²) in [6.07, 6.45) is 3.48. The van der Waals surface area contributed by atoms with Gasteiger partial charge in [0.1, 0.15) is 5.69 Å². The molecule has 128 valence electrons. The van der Waals surface area contributed by atoms with Crippen LogP contribution in [0.15, 0.2) is 48.3 Å². The van der Waals surface area contributed by atoms with Gasteiger partial charge < -0.3 is 14.8 Å². The third kappa shape index (κ3) is 3.38. The molecule has 0 saturated carbocycles. The van der Waals surface area contributed by atoms with E-state index in [-0.39, 0.29) is 17.3 Å². The van der Waals surface area contributed by atoms with Crippen LogP contribution < -0.4 is 14.8 Å². The Bertz CT molecular complexity index is 858. The number of carbonyl (C=O) groups excluding carboxylic acids is 2. The number of ether oxygens (including phenoxy) is 2. The van der Waals surface area contributed by atoms with Gasteiger partial charge in [-0.25, -0.2) is 0 Å². The SMILES string of the molecule is COc1ccc(CCNC2=CC(=O)c3ncccc3C2=O)cc1OC. The summed E-state index contributed by atoms with van der Waals surface area (Å²) in [5.74, 6) is 0.848. The minimum atomic E-state index is -0.260. The van der Waals surface area contributed by atoms with Gasteiger partial charge in [-0.1, -0.05) is 6.07 Å². The Kier molecular flexibility index (Phi) is 4.79. The minimum absolute atomic E-state index is 0.206. The third-order valence-electron chi connectivity index (χ3n) is 3.98. The molecule has 0 bridgehead atoms. The predicted octanol–water partition coefficient (Wildman–Crippen LogP) is 2.19. The van der Waals surface area contributed by atoms with Crippen molar-refractivity contribution in [3.63, 3.8) is 0 Å². The molecule has 0 atom stereocenters. The second-order valence-electron chi connectivity index (χ2n) is 5.52. The number of Topliss-reactive ketones (excluding diaryl/α,β-unsaturated/α-hetero) is 1. The van der Waals surface area contributed by atoms with Crippen LogP contribution in [0.1, 0.15) is 26.4 Å². The van der Waals surface area contributed by atoms with Crippen LogP contribution in [0, 0.1) is 0 Å². The van der Waals surface area contributed by atoms with Crippen LogP contribution in [0.25, 0.3) is 0 Å². The van der Waals surface area contributed by atoms with Crippen LogP contribution >= 0.6 is 0 Å². The summed E-state index contributed by atoms with van der Waals surface area (Å²) in [4.78, 5) is 28.5. The van der Waals surface area contributed by atoms with E-state index in [2.05, 4.69) is 10.3 Å². The Morgan fingerprint density at radius 1 is 1.08 bits per heavy atom. The largest absolute Gasteiger partial charge is 0.493 e. The summed E-state index contributed by atoms with van der Waals surface area (Å²) >= 11 is 0. The van der Waals surface area contributed by atoms with Gasteiger partial charge in [0, 0.05) is 18.8 Å². The second-order valence-corrected chi connectivity index (χ2v) is 5.52. The molecule has 2 aromatic rings. The number of methoxy groups -OCH3 is 2. The minimum Gasteiger partial charge on any atom is -0.493 e.